The Kier molecular flexibility index (Phi) is 6.59. The summed E-state index contributed by atoms with van der Waals surface area (Å²) < 4.78 is 29.9. The number of hydrogen-bond acceptors (Lipinski definition) is 6. The molecule has 2 aromatic carbocycles. The first-order valence-electron chi connectivity index (χ1n) is 12.2. The van der Waals surface area contributed by atoms with Gasteiger partial charge in [0.15, 0.2) is 0 Å². The van der Waals surface area contributed by atoms with E-state index in [4.69, 9.17) is 0 Å². The number of carbonyl (C=O) groups excluding carboxylic acids is 1. The number of carbonyl (C=O) groups is 1. The monoisotopic (exact) mass is 518 g/mol. The molecular formula is C27H30N6O3S. The lowest BCUT2D eigenvalue weighted by molar-refractivity contribution is -0.134. The van der Waals surface area contributed by atoms with E-state index in [1.54, 1.807) is 24.3 Å². The predicted octanol–water partition coefficient (Wildman–Crippen LogP) is 3.76. The second kappa shape index (κ2) is 9.85. The summed E-state index contributed by atoms with van der Waals surface area (Å²) in [5.41, 5.74) is 4.27. The Morgan fingerprint density at radius 1 is 0.973 bits per heavy atom. The molecule has 192 valence electrons. The van der Waals surface area contributed by atoms with Crippen molar-refractivity contribution in [2.24, 2.45) is 0 Å². The summed E-state index contributed by atoms with van der Waals surface area (Å²) in [6, 6.07) is 16.4. The van der Waals surface area contributed by atoms with Crippen LogP contribution in [-0.4, -0.2) is 59.9 Å². The van der Waals surface area contributed by atoms with E-state index in [0.29, 0.717) is 26.2 Å². The van der Waals surface area contributed by atoms with Gasteiger partial charge in [0.1, 0.15) is 18.2 Å². The lowest BCUT2D eigenvalue weighted by Gasteiger charge is -2.37. The topological polar surface area (TPSA) is 100 Å². The van der Waals surface area contributed by atoms with Gasteiger partial charge in [-0.05, 0) is 69.3 Å². The standard InChI is InChI=1S/C27H30N6O3S/c1-19-4-9-25-22(16-19)17-20(2)33(25)21(3)27(34)32-14-12-31(13-15-32)23-5-7-24(8-6-23)37(35,36)30-26-10-11-28-18-29-26/h4-11,16-18,21H,12-15H2,1-3H3,(H,28,29,30). The molecule has 1 aliphatic rings. The smallest absolute Gasteiger partial charge is 0.263 e. The fourth-order valence-corrected chi connectivity index (χ4v) is 5.96. The molecule has 37 heavy (non-hydrogen) atoms. The molecule has 1 aliphatic heterocycles. The Labute approximate surface area is 216 Å². The first kappa shape index (κ1) is 24.8. The van der Waals surface area contributed by atoms with E-state index in [2.05, 4.69) is 55.3 Å². The molecule has 9 nitrogen and oxygen atoms in total. The Balaban J connectivity index is 1.23. The Hall–Kier alpha value is -3.92. The molecule has 4 aromatic rings. The largest absolute Gasteiger partial charge is 0.368 e. The van der Waals surface area contributed by atoms with Crippen molar-refractivity contribution in [3.05, 3.63) is 78.4 Å². The maximum atomic E-state index is 13.4. The minimum atomic E-state index is -3.75. The zero-order valence-corrected chi connectivity index (χ0v) is 21.9. The maximum absolute atomic E-state index is 13.4. The molecule has 0 spiro atoms. The summed E-state index contributed by atoms with van der Waals surface area (Å²) in [5.74, 6) is 0.324. The lowest BCUT2D eigenvalue weighted by atomic mass is 10.1. The minimum absolute atomic E-state index is 0.109. The number of nitrogens with zero attached hydrogens (tertiary/aromatic N) is 5. The number of aromatic nitrogens is 3. The molecule has 1 unspecified atom stereocenters. The van der Waals surface area contributed by atoms with Crippen molar-refractivity contribution in [1.82, 2.24) is 19.4 Å². The molecule has 0 aliphatic carbocycles. The predicted molar refractivity (Wildman–Crippen MR) is 144 cm³/mol. The van der Waals surface area contributed by atoms with E-state index in [9.17, 15) is 13.2 Å². The number of piperazine rings is 1. The minimum Gasteiger partial charge on any atom is -0.368 e. The van der Waals surface area contributed by atoms with Crippen molar-refractivity contribution in [2.75, 3.05) is 35.8 Å². The average Bonchev–Trinajstić information content (AvgIpc) is 3.23. The number of hydrogen-bond donors (Lipinski definition) is 1. The second-order valence-electron chi connectivity index (χ2n) is 9.40. The SMILES string of the molecule is Cc1ccc2c(c1)cc(C)n2C(C)C(=O)N1CCN(c2ccc(S(=O)(=O)Nc3ccncn3)cc2)CC1. The number of anilines is 2. The van der Waals surface area contributed by atoms with Crippen LogP contribution in [-0.2, 0) is 14.8 Å². The van der Waals surface area contributed by atoms with Gasteiger partial charge < -0.3 is 14.4 Å². The van der Waals surface area contributed by atoms with Gasteiger partial charge in [0.2, 0.25) is 5.91 Å². The van der Waals surface area contributed by atoms with Gasteiger partial charge in [-0.25, -0.2) is 18.4 Å². The maximum Gasteiger partial charge on any atom is 0.263 e. The highest BCUT2D eigenvalue weighted by Crippen LogP contribution is 2.27. The van der Waals surface area contributed by atoms with Crippen LogP contribution in [0, 0.1) is 13.8 Å². The van der Waals surface area contributed by atoms with Gasteiger partial charge >= 0.3 is 0 Å². The van der Waals surface area contributed by atoms with Crippen LogP contribution in [0.2, 0.25) is 0 Å². The fraction of sp³-hybridized carbons (Fsp3) is 0.296. The van der Waals surface area contributed by atoms with Crippen LogP contribution in [0.15, 0.2) is 72.0 Å². The van der Waals surface area contributed by atoms with Crippen molar-refractivity contribution in [3.8, 4) is 0 Å². The Morgan fingerprint density at radius 2 is 1.70 bits per heavy atom. The summed E-state index contributed by atoms with van der Waals surface area (Å²) in [6.07, 6.45) is 2.76. The third kappa shape index (κ3) is 5.01. The van der Waals surface area contributed by atoms with Crippen LogP contribution < -0.4 is 9.62 Å². The van der Waals surface area contributed by atoms with Crippen LogP contribution in [0.1, 0.15) is 24.2 Å². The third-order valence-electron chi connectivity index (χ3n) is 6.86. The van der Waals surface area contributed by atoms with Crippen LogP contribution >= 0.6 is 0 Å². The van der Waals surface area contributed by atoms with Crippen molar-refractivity contribution in [1.29, 1.82) is 0 Å². The van der Waals surface area contributed by atoms with E-state index in [1.807, 2.05) is 18.7 Å². The molecule has 0 bridgehead atoms. The highest BCUT2D eigenvalue weighted by atomic mass is 32.2. The molecular weight excluding hydrogens is 488 g/mol. The summed E-state index contributed by atoms with van der Waals surface area (Å²) >= 11 is 0. The van der Waals surface area contributed by atoms with Crippen LogP contribution in [0.4, 0.5) is 11.5 Å². The van der Waals surface area contributed by atoms with Crippen LogP contribution in [0.25, 0.3) is 10.9 Å². The van der Waals surface area contributed by atoms with E-state index in [0.717, 1.165) is 22.3 Å². The first-order valence-corrected chi connectivity index (χ1v) is 13.7. The summed E-state index contributed by atoms with van der Waals surface area (Å²) in [4.78, 5) is 25.4. The van der Waals surface area contributed by atoms with E-state index in [1.165, 1.54) is 24.2 Å². The van der Waals surface area contributed by atoms with Crippen LogP contribution in [0.3, 0.4) is 0 Å². The Morgan fingerprint density at radius 3 is 2.38 bits per heavy atom. The van der Waals surface area contributed by atoms with Gasteiger partial charge in [-0.1, -0.05) is 11.6 Å². The number of amides is 1. The molecule has 10 heteroatoms. The number of fused-ring (bicyclic) bond motifs is 1. The Bertz CT molecular complexity index is 1530. The first-order chi connectivity index (χ1) is 17.7. The van der Waals surface area contributed by atoms with Crippen molar-refractivity contribution in [3.63, 3.8) is 0 Å². The molecule has 0 radical (unpaired) electrons. The van der Waals surface area contributed by atoms with Gasteiger partial charge in [0.05, 0.1) is 4.90 Å². The lowest BCUT2D eigenvalue weighted by Crippen LogP contribution is -2.50. The number of aryl methyl sites for hydroxylation is 2. The highest BCUT2D eigenvalue weighted by molar-refractivity contribution is 7.92. The van der Waals surface area contributed by atoms with E-state index in [-0.39, 0.29) is 22.7 Å². The highest BCUT2D eigenvalue weighted by Gasteiger charge is 2.27. The third-order valence-corrected chi connectivity index (χ3v) is 8.23. The average molecular weight is 519 g/mol. The van der Waals surface area contributed by atoms with Gasteiger partial charge in [0.25, 0.3) is 10.0 Å². The van der Waals surface area contributed by atoms with Gasteiger partial charge in [-0.2, -0.15) is 0 Å². The van der Waals surface area contributed by atoms with E-state index < -0.39 is 10.0 Å². The van der Waals surface area contributed by atoms with Crippen LogP contribution in [0.5, 0.6) is 0 Å². The fourth-order valence-electron chi connectivity index (χ4n) is 4.95. The summed E-state index contributed by atoms with van der Waals surface area (Å²) in [6.45, 7) is 8.65. The van der Waals surface area contributed by atoms with Crippen molar-refractivity contribution >= 4 is 38.3 Å². The number of rotatable bonds is 6. The molecule has 3 heterocycles. The number of sulfonamides is 1. The van der Waals surface area contributed by atoms with Gasteiger partial charge in [0, 0.05) is 54.7 Å². The molecule has 2 aromatic heterocycles. The molecule has 1 atom stereocenters. The number of nitrogens with one attached hydrogen (secondary N) is 1. The molecule has 1 amide bonds. The normalized spacial score (nSPS) is 15.1. The van der Waals surface area contributed by atoms with Crippen molar-refractivity contribution in [2.45, 2.75) is 31.7 Å². The zero-order chi connectivity index (χ0) is 26.2. The van der Waals surface area contributed by atoms with Gasteiger partial charge in [-0.15, -0.1) is 0 Å². The zero-order valence-electron chi connectivity index (χ0n) is 21.1. The number of benzene rings is 2. The molecule has 0 saturated carbocycles. The summed E-state index contributed by atoms with van der Waals surface area (Å²) in [7, 11) is -3.75. The second-order valence-corrected chi connectivity index (χ2v) is 11.1. The summed E-state index contributed by atoms with van der Waals surface area (Å²) in [5, 5.41) is 1.15. The molecule has 1 fully saturated rings. The molecule has 5 rings (SSSR count). The molecule has 1 saturated heterocycles. The quantitative estimate of drug-likeness (QED) is 0.417. The van der Waals surface area contributed by atoms with Crippen molar-refractivity contribution < 1.29 is 13.2 Å². The molecule has 1 N–H and O–H groups in total. The van der Waals surface area contributed by atoms with E-state index >= 15 is 0 Å². The van der Waals surface area contributed by atoms with Gasteiger partial charge in [-0.3, -0.25) is 9.52 Å².